The smallest absolute Gasteiger partial charge is 0.212 e. The van der Waals surface area contributed by atoms with Crippen LogP contribution >= 0.6 is 0 Å². The molecule has 0 saturated carbocycles. The second kappa shape index (κ2) is 7.62. The highest BCUT2D eigenvalue weighted by atomic mass is 32.2. The van der Waals surface area contributed by atoms with E-state index in [1.54, 1.807) is 12.1 Å². The molecule has 0 N–H and O–H groups in total. The van der Waals surface area contributed by atoms with Gasteiger partial charge < -0.3 is 0 Å². The zero-order valence-electron chi connectivity index (χ0n) is 15.9. The predicted octanol–water partition coefficient (Wildman–Crippen LogP) is 4.54. The quantitative estimate of drug-likeness (QED) is 0.340. The minimum Gasteiger partial charge on any atom is -0.275 e. The normalized spacial score (nSPS) is 11.6. The summed E-state index contributed by atoms with van der Waals surface area (Å²) in [5.74, 6) is -4.81. The van der Waals surface area contributed by atoms with Crippen LogP contribution in [0.25, 0.3) is 22.4 Å². The topological polar surface area (TPSA) is 64.8 Å². The Kier molecular flexibility index (Phi) is 5.10. The molecule has 0 aliphatic carbocycles. The highest BCUT2D eigenvalue weighted by molar-refractivity contribution is 7.91. The van der Waals surface area contributed by atoms with E-state index in [9.17, 15) is 21.6 Å². The Morgan fingerprint density at radius 3 is 2.26 bits per heavy atom. The third kappa shape index (κ3) is 3.59. The highest BCUT2D eigenvalue weighted by Crippen LogP contribution is 2.37. The predicted molar refractivity (Wildman–Crippen MR) is 104 cm³/mol. The lowest BCUT2D eigenvalue weighted by molar-refractivity contribution is 0.538. The Hall–Kier alpha value is -3.53. The molecule has 4 aromatic rings. The molecule has 5 nitrogen and oxygen atoms in total. The molecular weight excluding hydrogens is 434 g/mol. The molecule has 0 aliphatic heterocycles. The molecule has 2 heterocycles. The number of benzene rings is 2. The van der Waals surface area contributed by atoms with Crippen molar-refractivity contribution in [1.82, 2.24) is 14.8 Å². The molecule has 0 fully saturated rings. The maximum absolute atomic E-state index is 15.4. The number of pyridine rings is 1. The zero-order valence-corrected chi connectivity index (χ0v) is 16.7. The molecule has 0 radical (unpaired) electrons. The van der Waals surface area contributed by atoms with Crippen molar-refractivity contribution in [2.75, 3.05) is 0 Å². The van der Waals surface area contributed by atoms with Crippen LogP contribution in [0.2, 0.25) is 0 Å². The summed E-state index contributed by atoms with van der Waals surface area (Å²) >= 11 is 0. The van der Waals surface area contributed by atoms with Crippen molar-refractivity contribution in [3.63, 3.8) is 0 Å². The first-order valence-electron chi connectivity index (χ1n) is 8.82. The molecule has 0 atom stereocenters. The Labute approximate surface area is 174 Å². The number of sulfone groups is 1. The number of hydrogen-bond donors (Lipinski definition) is 0. The number of nitrogens with zero attached hydrogens (tertiary/aromatic N) is 3. The van der Waals surface area contributed by atoms with Crippen molar-refractivity contribution in [3.05, 3.63) is 84.3 Å². The van der Waals surface area contributed by atoms with Crippen molar-refractivity contribution in [2.45, 2.75) is 9.79 Å². The van der Waals surface area contributed by atoms with Gasteiger partial charge in [-0.1, -0.05) is 0 Å². The third-order valence-corrected chi connectivity index (χ3v) is 6.37. The van der Waals surface area contributed by atoms with Crippen molar-refractivity contribution in [3.8, 4) is 22.4 Å². The second-order valence-electron chi connectivity index (χ2n) is 6.61. The monoisotopic (exact) mass is 447 g/mol. The maximum atomic E-state index is 15.4. The van der Waals surface area contributed by atoms with Crippen LogP contribution in [0.15, 0.2) is 70.8 Å². The number of halogens is 4. The second-order valence-corrected chi connectivity index (χ2v) is 8.50. The Balaban J connectivity index is 1.97. The standard InChI is InChI=1S/C21H13F4N3O2S/c1-28-11-14(12-6-8-26-9-7-12)21(27-28)19-16(24)4-5-17(20(19)25)31(29,30)18-10-13(22)2-3-15(18)23/h2-11H,1H3. The zero-order chi connectivity index (χ0) is 22.3. The van der Waals surface area contributed by atoms with E-state index in [1.807, 2.05) is 0 Å². The number of aromatic nitrogens is 3. The molecule has 0 saturated heterocycles. The van der Waals surface area contributed by atoms with E-state index in [4.69, 9.17) is 0 Å². The Morgan fingerprint density at radius 2 is 1.55 bits per heavy atom. The molecule has 2 aromatic carbocycles. The van der Waals surface area contributed by atoms with Crippen LogP contribution in [-0.2, 0) is 16.9 Å². The fourth-order valence-electron chi connectivity index (χ4n) is 3.18. The Morgan fingerprint density at radius 1 is 0.871 bits per heavy atom. The van der Waals surface area contributed by atoms with Crippen molar-refractivity contribution in [1.29, 1.82) is 0 Å². The fraction of sp³-hybridized carbons (Fsp3) is 0.0476. The first kappa shape index (κ1) is 20.7. The van der Waals surface area contributed by atoms with Gasteiger partial charge in [0, 0.05) is 31.2 Å². The molecule has 10 heteroatoms. The molecular formula is C21H13F4N3O2S. The van der Waals surface area contributed by atoms with Crippen LogP contribution in [0.4, 0.5) is 17.6 Å². The average molecular weight is 447 g/mol. The van der Waals surface area contributed by atoms with Crippen LogP contribution < -0.4 is 0 Å². The van der Waals surface area contributed by atoms with Crippen molar-refractivity contribution < 1.29 is 26.0 Å². The first-order chi connectivity index (χ1) is 14.7. The molecule has 0 aliphatic rings. The van der Waals surface area contributed by atoms with E-state index in [0.717, 1.165) is 12.1 Å². The maximum Gasteiger partial charge on any atom is 0.212 e. The largest absolute Gasteiger partial charge is 0.275 e. The summed E-state index contributed by atoms with van der Waals surface area (Å²) in [6.45, 7) is 0. The van der Waals surface area contributed by atoms with Gasteiger partial charge in [0.2, 0.25) is 9.84 Å². The number of hydrogen-bond acceptors (Lipinski definition) is 4. The summed E-state index contributed by atoms with van der Waals surface area (Å²) < 4.78 is 84.9. The minimum atomic E-state index is -4.84. The van der Waals surface area contributed by atoms with E-state index in [0.29, 0.717) is 29.3 Å². The lowest BCUT2D eigenvalue weighted by Crippen LogP contribution is -2.09. The summed E-state index contributed by atoms with van der Waals surface area (Å²) in [5.41, 5.74) is 0.0151. The van der Waals surface area contributed by atoms with E-state index >= 15 is 4.39 Å². The van der Waals surface area contributed by atoms with Crippen molar-refractivity contribution in [2.24, 2.45) is 7.05 Å². The van der Waals surface area contributed by atoms with Gasteiger partial charge in [0.05, 0.1) is 5.56 Å². The third-order valence-electron chi connectivity index (χ3n) is 4.58. The van der Waals surface area contributed by atoms with Crippen LogP contribution in [-0.4, -0.2) is 23.2 Å². The molecule has 0 bridgehead atoms. The van der Waals surface area contributed by atoms with Crippen LogP contribution in [0.5, 0.6) is 0 Å². The van der Waals surface area contributed by atoms with Crippen LogP contribution in [0.1, 0.15) is 0 Å². The molecule has 31 heavy (non-hydrogen) atoms. The van der Waals surface area contributed by atoms with Gasteiger partial charge in [-0.05, 0) is 48.0 Å². The van der Waals surface area contributed by atoms with Gasteiger partial charge in [0.1, 0.15) is 32.9 Å². The van der Waals surface area contributed by atoms with E-state index < -0.39 is 48.5 Å². The van der Waals surface area contributed by atoms with Gasteiger partial charge >= 0.3 is 0 Å². The summed E-state index contributed by atoms with van der Waals surface area (Å²) in [5, 5.41) is 4.09. The number of aryl methyl sites for hydroxylation is 1. The van der Waals surface area contributed by atoms with E-state index in [2.05, 4.69) is 10.1 Å². The SMILES string of the molecule is Cn1cc(-c2ccncc2)c(-c2c(F)ccc(S(=O)(=O)c3cc(F)ccc3F)c2F)n1. The summed E-state index contributed by atoms with van der Waals surface area (Å²) in [6, 6.07) is 6.39. The number of rotatable bonds is 4. The minimum absolute atomic E-state index is 0.152. The van der Waals surface area contributed by atoms with E-state index in [1.165, 1.54) is 30.3 Å². The molecule has 158 valence electrons. The molecule has 4 rings (SSSR count). The average Bonchev–Trinajstić information content (AvgIpc) is 3.11. The van der Waals surface area contributed by atoms with Gasteiger partial charge in [-0.15, -0.1) is 0 Å². The Bertz CT molecular complexity index is 1400. The molecule has 0 amide bonds. The van der Waals surface area contributed by atoms with Gasteiger partial charge in [-0.3, -0.25) is 9.67 Å². The molecule has 0 spiro atoms. The van der Waals surface area contributed by atoms with Gasteiger partial charge in [-0.25, -0.2) is 26.0 Å². The van der Waals surface area contributed by atoms with Crippen LogP contribution in [0, 0.1) is 23.3 Å². The van der Waals surface area contributed by atoms with E-state index in [-0.39, 0.29) is 5.69 Å². The van der Waals surface area contributed by atoms with Gasteiger partial charge in [0.15, 0.2) is 5.82 Å². The fourth-order valence-corrected chi connectivity index (χ4v) is 4.59. The van der Waals surface area contributed by atoms with Crippen LogP contribution in [0.3, 0.4) is 0 Å². The van der Waals surface area contributed by atoms with Gasteiger partial charge in [-0.2, -0.15) is 5.10 Å². The summed E-state index contributed by atoms with van der Waals surface area (Å²) in [4.78, 5) is 1.83. The highest BCUT2D eigenvalue weighted by Gasteiger charge is 2.30. The first-order valence-corrected chi connectivity index (χ1v) is 10.3. The van der Waals surface area contributed by atoms with Crippen molar-refractivity contribution >= 4 is 9.84 Å². The molecule has 2 aromatic heterocycles. The lowest BCUT2D eigenvalue weighted by Gasteiger charge is -2.11. The summed E-state index contributed by atoms with van der Waals surface area (Å²) in [6.07, 6.45) is 4.47. The lowest BCUT2D eigenvalue weighted by atomic mass is 10.0. The van der Waals surface area contributed by atoms with Gasteiger partial charge in [0.25, 0.3) is 0 Å². The molecule has 0 unspecified atom stereocenters. The summed E-state index contributed by atoms with van der Waals surface area (Å²) in [7, 11) is -3.31.